The quantitative estimate of drug-likeness (QED) is 0.792. The highest BCUT2D eigenvalue weighted by Gasteiger charge is 2.16. The summed E-state index contributed by atoms with van der Waals surface area (Å²) in [6.07, 6.45) is 1.01. The molecule has 18 heavy (non-hydrogen) atoms. The van der Waals surface area contributed by atoms with E-state index in [2.05, 4.69) is 13.8 Å². The van der Waals surface area contributed by atoms with E-state index in [9.17, 15) is 8.42 Å². The van der Waals surface area contributed by atoms with Crippen LogP contribution in [0.25, 0.3) is 0 Å². The number of rotatable bonds is 5. The first kappa shape index (κ1) is 14.8. The smallest absolute Gasteiger partial charge is 0.240 e. The molecule has 0 saturated carbocycles. The summed E-state index contributed by atoms with van der Waals surface area (Å²) in [4.78, 5) is 1.93. The highest BCUT2D eigenvalue weighted by Crippen LogP contribution is 2.28. The number of para-hydroxylation sites is 1. The van der Waals surface area contributed by atoms with Crippen LogP contribution in [0.5, 0.6) is 0 Å². The van der Waals surface area contributed by atoms with Gasteiger partial charge in [-0.25, -0.2) is 13.6 Å². The van der Waals surface area contributed by atoms with E-state index in [0.29, 0.717) is 11.6 Å². The van der Waals surface area contributed by atoms with Crippen molar-refractivity contribution in [3.05, 3.63) is 18.2 Å². The summed E-state index contributed by atoms with van der Waals surface area (Å²) in [7, 11) is -1.88. The molecule has 102 valence electrons. The van der Waals surface area contributed by atoms with Crippen LogP contribution in [0.4, 0.5) is 11.4 Å². The highest BCUT2D eigenvalue weighted by atomic mass is 32.2. The Kier molecular flexibility index (Phi) is 4.59. The predicted molar refractivity (Wildman–Crippen MR) is 75.0 cm³/mol. The number of hydrogen-bond donors (Lipinski definition) is 2. The number of anilines is 2. The average molecular weight is 271 g/mol. The summed E-state index contributed by atoms with van der Waals surface area (Å²) in [5.41, 5.74) is 6.79. The van der Waals surface area contributed by atoms with Crippen LogP contribution in [0.2, 0.25) is 0 Å². The van der Waals surface area contributed by atoms with Crippen LogP contribution < -0.4 is 15.8 Å². The average Bonchev–Trinajstić information content (AvgIpc) is 2.24. The van der Waals surface area contributed by atoms with E-state index in [4.69, 9.17) is 10.9 Å². The molecule has 4 N–H and O–H groups in total. The van der Waals surface area contributed by atoms with Crippen LogP contribution in [0.15, 0.2) is 23.1 Å². The topological polar surface area (TPSA) is 89.4 Å². The maximum Gasteiger partial charge on any atom is 0.240 e. The molecule has 1 rings (SSSR count). The normalized spacial score (nSPS) is 11.8. The van der Waals surface area contributed by atoms with Crippen molar-refractivity contribution in [2.45, 2.75) is 25.2 Å². The molecule has 0 spiro atoms. The van der Waals surface area contributed by atoms with Crippen molar-refractivity contribution in [3.63, 3.8) is 0 Å². The van der Waals surface area contributed by atoms with Crippen molar-refractivity contribution in [2.24, 2.45) is 11.1 Å². The van der Waals surface area contributed by atoms with Gasteiger partial charge in [0.25, 0.3) is 0 Å². The Labute approximate surface area is 109 Å². The van der Waals surface area contributed by atoms with Crippen molar-refractivity contribution in [1.29, 1.82) is 0 Å². The van der Waals surface area contributed by atoms with Gasteiger partial charge in [-0.15, -0.1) is 0 Å². The van der Waals surface area contributed by atoms with E-state index in [1.54, 1.807) is 12.1 Å². The van der Waals surface area contributed by atoms with Gasteiger partial charge in [0.2, 0.25) is 10.0 Å². The summed E-state index contributed by atoms with van der Waals surface area (Å²) in [5.74, 6) is 0.579. The lowest BCUT2D eigenvalue weighted by Gasteiger charge is -2.23. The van der Waals surface area contributed by atoms with E-state index in [0.717, 1.165) is 13.0 Å². The van der Waals surface area contributed by atoms with Crippen LogP contribution in [0.1, 0.15) is 20.3 Å². The van der Waals surface area contributed by atoms with Gasteiger partial charge in [-0.05, 0) is 24.5 Å². The second kappa shape index (κ2) is 5.58. The number of hydrogen-bond acceptors (Lipinski definition) is 4. The van der Waals surface area contributed by atoms with Gasteiger partial charge in [0, 0.05) is 13.6 Å². The van der Waals surface area contributed by atoms with Crippen molar-refractivity contribution >= 4 is 21.4 Å². The zero-order valence-corrected chi connectivity index (χ0v) is 11.9. The maximum atomic E-state index is 11.4. The maximum absolute atomic E-state index is 11.4. The Hall–Kier alpha value is -1.27. The number of nitrogen functional groups attached to an aromatic ring is 1. The van der Waals surface area contributed by atoms with Crippen LogP contribution in [-0.4, -0.2) is 22.0 Å². The minimum absolute atomic E-state index is 0.0172. The summed E-state index contributed by atoms with van der Waals surface area (Å²) >= 11 is 0. The van der Waals surface area contributed by atoms with Gasteiger partial charge in [0.1, 0.15) is 4.90 Å². The molecular formula is C12H21N3O2S. The Morgan fingerprint density at radius 1 is 1.33 bits per heavy atom. The molecule has 0 bridgehead atoms. The lowest BCUT2D eigenvalue weighted by atomic mass is 10.1. The number of nitrogens with zero attached hydrogens (tertiary/aromatic N) is 1. The second-order valence-corrected chi connectivity index (χ2v) is 6.37. The second-order valence-electron chi connectivity index (χ2n) is 4.84. The van der Waals surface area contributed by atoms with Gasteiger partial charge < -0.3 is 10.6 Å². The molecule has 0 saturated heterocycles. The van der Waals surface area contributed by atoms with Gasteiger partial charge in [-0.1, -0.05) is 19.9 Å². The van der Waals surface area contributed by atoms with Crippen LogP contribution in [0, 0.1) is 5.92 Å². The van der Waals surface area contributed by atoms with Crippen LogP contribution >= 0.6 is 0 Å². The van der Waals surface area contributed by atoms with Crippen LogP contribution in [0.3, 0.4) is 0 Å². The Morgan fingerprint density at radius 3 is 2.44 bits per heavy atom. The number of primary sulfonamides is 1. The Morgan fingerprint density at radius 2 is 1.94 bits per heavy atom. The van der Waals surface area contributed by atoms with E-state index in [-0.39, 0.29) is 10.6 Å². The molecular weight excluding hydrogens is 250 g/mol. The van der Waals surface area contributed by atoms with E-state index >= 15 is 0 Å². The lowest BCUT2D eigenvalue weighted by Crippen LogP contribution is -2.22. The van der Waals surface area contributed by atoms with Gasteiger partial charge >= 0.3 is 0 Å². The molecule has 5 nitrogen and oxygen atoms in total. The first-order chi connectivity index (χ1) is 8.23. The summed E-state index contributed by atoms with van der Waals surface area (Å²) < 4.78 is 22.7. The molecule has 1 aromatic rings. The zero-order valence-electron chi connectivity index (χ0n) is 11.1. The monoisotopic (exact) mass is 271 g/mol. The third kappa shape index (κ3) is 3.61. The third-order valence-electron chi connectivity index (χ3n) is 2.80. The van der Waals surface area contributed by atoms with E-state index in [1.807, 2.05) is 11.9 Å². The molecule has 1 aromatic carbocycles. The Balaban J connectivity index is 3.04. The standard InChI is InChI=1S/C12H21N3O2S/c1-9(2)7-8-15(3)10-5-4-6-11(12(10)13)18(14,16)17/h4-6,9H,7-8,13H2,1-3H3,(H2,14,16,17). The number of nitrogens with two attached hydrogens (primary N) is 2. The first-order valence-electron chi connectivity index (χ1n) is 5.86. The SMILES string of the molecule is CC(C)CCN(C)c1cccc(S(N)(=O)=O)c1N. The van der Waals surface area contributed by atoms with E-state index < -0.39 is 10.0 Å². The predicted octanol–water partition coefficient (Wildman–Crippen LogP) is 1.40. The van der Waals surface area contributed by atoms with Gasteiger partial charge in [-0.2, -0.15) is 0 Å². The fourth-order valence-electron chi connectivity index (χ4n) is 1.69. The summed E-state index contributed by atoms with van der Waals surface area (Å²) in [6, 6.07) is 4.87. The molecule has 0 unspecified atom stereocenters. The first-order valence-corrected chi connectivity index (χ1v) is 7.40. The van der Waals surface area contributed by atoms with Crippen molar-refractivity contribution in [3.8, 4) is 0 Å². The van der Waals surface area contributed by atoms with Crippen molar-refractivity contribution in [1.82, 2.24) is 0 Å². The summed E-state index contributed by atoms with van der Waals surface area (Å²) in [6.45, 7) is 5.09. The number of sulfonamides is 1. The molecule has 0 heterocycles. The molecule has 0 fully saturated rings. The minimum Gasteiger partial charge on any atom is -0.396 e. The molecule has 0 aliphatic heterocycles. The van der Waals surface area contributed by atoms with Gasteiger partial charge in [-0.3, -0.25) is 0 Å². The molecule has 0 aromatic heterocycles. The third-order valence-corrected chi connectivity index (χ3v) is 3.77. The molecule has 0 aliphatic rings. The van der Waals surface area contributed by atoms with Gasteiger partial charge in [0.05, 0.1) is 11.4 Å². The fourth-order valence-corrected chi connectivity index (χ4v) is 2.37. The van der Waals surface area contributed by atoms with Gasteiger partial charge in [0.15, 0.2) is 0 Å². The van der Waals surface area contributed by atoms with Crippen molar-refractivity contribution < 1.29 is 8.42 Å². The number of benzene rings is 1. The highest BCUT2D eigenvalue weighted by molar-refractivity contribution is 7.89. The minimum atomic E-state index is -3.77. The summed E-state index contributed by atoms with van der Waals surface area (Å²) in [5, 5.41) is 5.12. The largest absolute Gasteiger partial charge is 0.396 e. The zero-order chi connectivity index (χ0) is 13.9. The molecule has 0 amide bonds. The lowest BCUT2D eigenvalue weighted by molar-refractivity contribution is 0.585. The van der Waals surface area contributed by atoms with Crippen LogP contribution in [-0.2, 0) is 10.0 Å². The Bertz CT molecular complexity index is 512. The van der Waals surface area contributed by atoms with E-state index in [1.165, 1.54) is 6.07 Å². The molecule has 0 atom stereocenters. The molecule has 0 aliphatic carbocycles. The van der Waals surface area contributed by atoms with Crippen molar-refractivity contribution in [2.75, 3.05) is 24.2 Å². The fraction of sp³-hybridized carbons (Fsp3) is 0.500. The molecule has 6 heteroatoms. The molecule has 0 radical (unpaired) electrons.